The molecule has 0 N–H and O–H groups in total. The molecule has 0 saturated carbocycles. The molecular weight excluding hydrogens is 260 g/mol. The Balaban J connectivity index is 2.89. The van der Waals surface area contributed by atoms with Gasteiger partial charge in [0.1, 0.15) is 0 Å². The van der Waals surface area contributed by atoms with E-state index in [-0.39, 0.29) is 0 Å². The van der Waals surface area contributed by atoms with E-state index in [1.807, 2.05) is 0 Å². The minimum absolute atomic E-state index is 1.28. The molecule has 0 aliphatic rings. The van der Waals surface area contributed by atoms with E-state index in [2.05, 4.69) is 32.0 Å². The average molecular weight is 300 g/mol. The molecule has 0 aliphatic heterocycles. The van der Waals surface area contributed by atoms with E-state index in [1.54, 1.807) is 0 Å². The Bertz CT molecular complexity index is 138. The van der Waals surface area contributed by atoms with Crippen molar-refractivity contribution in [1.82, 2.24) is 0 Å². The number of rotatable bonds is 17. The van der Waals surface area contributed by atoms with E-state index >= 15 is 0 Å². The fourth-order valence-electron chi connectivity index (χ4n) is 2.48. The van der Waals surface area contributed by atoms with Crippen molar-refractivity contribution in [3.63, 3.8) is 0 Å². The van der Waals surface area contributed by atoms with Crippen LogP contribution in [-0.4, -0.2) is 11.5 Å². The smallest absolute Gasteiger partial charge is 0.00362 e. The second-order valence-electron chi connectivity index (χ2n) is 6.04. The molecule has 0 heterocycles. The van der Waals surface area contributed by atoms with Gasteiger partial charge >= 0.3 is 0 Å². The first-order chi connectivity index (χ1) is 9.91. The molecule has 0 unspecified atom stereocenters. The van der Waals surface area contributed by atoms with Crippen molar-refractivity contribution < 1.29 is 0 Å². The molecule has 0 atom stereocenters. The summed E-state index contributed by atoms with van der Waals surface area (Å²) in [4.78, 5) is 0. The van der Waals surface area contributed by atoms with Crippen LogP contribution in [0.5, 0.6) is 0 Å². The third-order valence-electron chi connectivity index (χ3n) is 3.89. The van der Waals surface area contributed by atoms with Crippen LogP contribution in [0, 0.1) is 6.42 Å². The van der Waals surface area contributed by atoms with Gasteiger partial charge in [-0.1, -0.05) is 90.9 Å². The third kappa shape index (κ3) is 18.4. The molecule has 20 heavy (non-hydrogen) atoms. The lowest BCUT2D eigenvalue weighted by atomic mass is 10.1. The van der Waals surface area contributed by atoms with Crippen LogP contribution in [0.25, 0.3) is 0 Å². The van der Waals surface area contributed by atoms with Crippen LogP contribution in [0.4, 0.5) is 0 Å². The molecule has 1 heteroatoms. The lowest BCUT2D eigenvalue weighted by molar-refractivity contribution is 0.586. The topological polar surface area (TPSA) is 0 Å². The molecule has 0 nitrogen and oxygen atoms in total. The van der Waals surface area contributed by atoms with Gasteiger partial charge in [0.25, 0.3) is 0 Å². The zero-order chi connectivity index (χ0) is 14.7. The average Bonchev–Trinajstić information content (AvgIpc) is 2.47. The van der Waals surface area contributed by atoms with Crippen molar-refractivity contribution in [2.75, 3.05) is 11.5 Å². The van der Waals surface area contributed by atoms with Gasteiger partial charge in [0.05, 0.1) is 0 Å². The predicted octanol–water partition coefficient (Wildman–Crippen LogP) is 7.43. The van der Waals surface area contributed by atoms with Crippen molar-refractivity contribution in [1.29, 1.82) is 0 Å². The summed E-state index contributed by atoms with van der Waals surface area (Å²) in [6, 6.07) is 0. The van der Waals surface area contributed by atoms with Crippen molar-refractivity contribution in [3.05, 3.63) is 6.42 Å². The third-order valence-corrected chi connectivity index (χ3v) is 4.94. The zero-order valence-corrected chi connectivity index (χ0v) is 15.1. The van der Waals surface area contributed by atoms with Crippen LogP contribution in [0.15, 0.2) is 0 Å². The van der Waals surface area contributed by atoms with E-state index in [0.717, 1.165) is 0 Å². The Labute approximate surface area is 133 Å². The summed E-state index contributed by atoms with van der Waals surface area (Å²) in [5.74, 6) is 2.66. The molecule has 0 fully saturated rings. The van der Waals surface area contributed by atoms with E-state index in [9.17, 15) is 0 Å². The molecule has 0 amide bonds. The van der Waals surface area contributed by atoms with E-state index < -0.39 is 0 Å². The first-order valence-electron chi connectivity index (χ1n) is 9.31. The summed E-state index contributed by atoms with van der Waals surface area (Å²) in [6.45, 7) is 4.58. The van der Waals surface area contributed by atoms with Gasteiger partial charge in [-0.15, -0.1) is 0 Å². The molecule has 0 spiro atoms. The highest BCUT2D eigenvalue weighted by atomic mass is 32.2. The highest BCUT2D eigenvalue weighted by Crippen LogP contribution is 2.13. The van der Waals surface area contributed by atoms with E-state index in [0.29, 0.717) is 0 Å². The van der Waals surface area contributed by atoms with Gasteiger partial charge in [0.2, 0.25) is 0 Å². The van der Waals surface area contributed by atoms with Crippen LogP contribution in [-0.2, 0) is 0 Å². The van der Waals surface area contributed by atoms with Crippen LogP contribution in [0.2, 0.25) is 0 Å². The Hall–Kier alpha value is 0.350. The summed E-state index contributed by atoms with van der Waals surface area (Å²) < 4.78 is 0. The van der Waals surface area contributed by atoms with Gasteiger partial charge in [-0.05, 0) is 30.8 Å². The Morgan fingerprint density at radius 1 is 0.600 bits per heavy atom. The lowest BCUT2D eigenvalue weighted by Gasteiger charge is -2.03. The Morgan fingerprint density at radius 2 is 1.10 bits per heavy atom. The lowest BCUT2D eigenvalue weighted by Crippen LogP contribution is -1.87. The SMILES string of the molecule is CCCCCCC[CH]CSCCCCCCCCCC. The van der Waals surface area contributed by atoms with E-state index in [1.165, 1.54) is 101 Å². The van der Waals surface area contributed by atoms with Crippen LogP contribution in [0.3, 0.4) is 0 Å². The van der Waals surface area contributed by atoms with Gasteiger partial charge in [-0.3, -0.25) is 0 Å². The summed E-state index contributed by atoms with van der Waals surface area (Å²) in [7, 11) is 0. The normalized spacial score (nSPS) is 11.1. The number of unbranched alkanes of at least 4 members (excludes halogenated alkanes) is 13. The molecular formula is C19H39S. The molecule has 0 aromatic carbocycles. The van der Waals surface area contributed by atoms with Gasteiger partial charge in [0, 0.05) is 0 Å². The minimum atomic E-state index is 1.28. The number of thioether (sulfide) groups is 1. The van der Waals surface area contributed by atoms with Gasteiger partial charge in [-0.25, -0.2) is 0 Å². The summed E-state index contributed by atoms with van der Waals surface area (Å²) >= 11 is 2.14. The van der Waals surface area contributed by atoms with E-state index in [4.69, 9.17) is 0 Å². The highest BCUT2D eigenvalue weighted by molar-refractivity contribution is 7.99. The van der Waals surface area contributed by atoms with Crippen molar-refractivity contribution in [2.24, 2.45) is 0 Å². The zero-order valence-electron chi connectivity index (χ0n) is 14.3. The Morgan fingerprint density at radius 3 is 1.70 bits per heavy atom. The first kappa shape index (κ1) is 20.3. The van der Waals surface area contributed by atoms with Crippen molar-refractivity contribution in [2.45, 2.75) is 104 Å². The van der Waals surface area contributed by atoms with Crippen LogP contribution >= 0.6 is 11.8 Å². The minimum Gasteiger partial charge on any atom is -0.162 e. The second-order valence-corrected chi connectivity index (χ2v) is 7.19. The van der Waals surface area contributed by atoms with Crippen LogP contribution in [0.1, 0.15) is 104 Å². The molecule has 1 radical (unpaired) electrons. The second kappa shape index (κ2) is 19.4. The summed E-state index contributed by atoms with van der Waals surface area (Å²) in [5, 5.41) is 0. The number of hydrogen-bond donors (Lipinski definition) is 0. The number of hydrogen-bond acceptors (Lipinski definition) is 1. The molecule has 0 rings (SSSR count). The summed E-state index contributed by atoms with van der Waals surface area (Å²) in [5.41, 5.74) is 0. The predicted molar refractivity (Wildman–Crippen MR) is 97.6 cm³/mol. The standard InChI is InChI=1S/C19H39S/c1-3-5-7-9-11-13-15-17-19-20-18-16-14-12-10-8-6-4-2/h16H,3-15,17-19H2,1-2H3. The molecule has 121 valence electrons. The highest BCUT2D eigenvalue weighted by Gasteiger charge is 1.94. The fraction of sp³-hybridized carbons (Fsp3) is 0.947. The summed E-state index contributed by atoms with van der Waals surface area (Å²) in [6.07, 6.45) is 22.5. The maximum Gasteiger partial charge on any atom is -0.00362 e. The first-order valence-corrected chi connectivity index (χ1v) is 10.5. The molecule has 0 aliphatic carbocycles. The largest absolute Gasteiger partial charge is 0.162 e. The van der Waals surface area contributed by atoms with Crippen LogP contribution < -0.4 is 0 Å². The molecule has 0 aromatic heterocycles. The maximum atomic E-state index is 2.50. The van der Waals surface area contributed by atoms with Gasteiger partial charge in [0.15, 0.2) is 0 Å². The van der Waals surface area contributed by atoms with Gasteiger partial charge < -0.3 is 0 Å². The van der Waals surface area contributed by atoms with Gasteiger partial charge in [-0.2, -0.15) is 11.8 Å². The quantitative estimate of drug-likeness (QED) is 0.252. The maximum absolute atomic E-state index is 2.50. The molecule has 0 saturated heterocycles. The molecule has 0 aromatic rings. The van der Waals surface area contributed by atoms with Crippen molar-refractivity contribution >= 4 is 11.8 Å². The molecule has 0 bridgehead atoms. The monoisotopic (exact) mass is 299 g/mol. The Kier molecular flexibility index (Phi) is 19.7. The fourth-order valence-corrected chi connectivity index (χ4v) is 3.39. The van der Waals surface area contributed by atoms with Crippen molar-refractivity contribution in [3.8, 4) is 0 Å².